The van der Waals surface area contributed by atoms with Gasteiger partial charge in [-0.15, -0.1) is 0 Å². The van der Waals surface area contributed by atoms with Crippen LogP contribution >= 0.6 is 0 Å². The second-order valence-corrected chi connectivity index (χ2v) is 5.49. The number of urea groups is 1. The van der Waals surface area contributed by atoms with Gasteiger partial charge in [0.25, 0.3) is 5.92 Å². The van der Waals surface area contributed by atoms with Crippen LogP contribution in [0.15, 0.2) is 18.5 Å². The van der Waals surface area contributed by atoms with E-state index in [9.17, 15) is 13.6 Å². The molecule has 22 heavy (non-hydrogen) atoms. The van der Waals surface area contributed by atoms with E-state index in [1.54, 1.807) is 19.4 Å². The molecule has 1 aromatic rings. The van der Waals surface area contributed by atoms with Gasteiger partial charge >= 0.3 is 6.03 Å². The lowest BCUT2D eigenvalue weighted by Gasteiger charge is -2.29. The van der Waals surface area contributed by atoms with E-state index in [0.717, 1.165) is 17.5 Å². The number of rotatable bonds is 4. The van der Waals surface area contributed by atoms with Gasteiger partial charge in [0, 0.05) is 19.4 Å². The second kappa shape index (κ2) is 6.56. The van der Waals surface area contributed by atoms with Crippen LogP contribution in [-0.4, -0.2) is 48.1 Å². The lowest BCUT2D eigenvalue weighted by atomic mass is 10.0. The van der Waals surface area contributed by atoms with Crippen molar-refractivity contribution in [3.63, 3.8) is 0 Å². The number of halogens is 2. The minimum atomic E-state index is -3.02. The van der Waals surface area contributed by atoms with E-state index in [2.05, 4.69) is 10.3 Å². The molecule has 0 saturated carbocycles. The molecule has 0 spiro atoms. The highest BCUT2D eigenvalue weighted by Crippen LogP contribution is 2.26. The van der Waals surface area contributed by atoms with Gasteiger partial charge in [0.15, 0.2) is 0 Å². The van der Waals surface area contributed by atoms with Gasteiger partial charge in [-0.3, -0.25) is 4.98 Å². The molecule has 1 saturated heterocycles. The van der Waals surface area contributed by atoms with Gasteiger partial charge in [-0.1, -0.05) is 6.92 Å². The Labute approximate surface area is 128 Å². The number of alkyl halides is 2. The number of amides is 2. The summed E-state index contributed by atoms with van der Waals surface area (Å²) < 4.78 is 31.8. The van der Waals surface area contributed by atoms with Crippen molar-refractivity contribution in [2.24, 2.45) is 0 Å². The Morgan fingerprint density at radius 2 is 2.36 bits per heavy atom. The zero-order chi connectivity index (χ0) is 16.3. The largest absolute Gasteiger partial charge is 0.373 e. The van der Waals surface area contributed by atoms with E-state index < -0.39 is 24.6 Å². The van der Waals surface area contributed by atoms with E-state index >= 15 is 0 Å². The van der Waals surface area contributed by atoms with Gasteiger partial charge in [0.05, 0.1) is 12.6 Å². The Bertz CT molecular complexity index is 539. The maximum atomic E-state index is 13.5. The van der Waals surface area contributed by atoms with E-state index in [1.807, 2.05) is 19.9 Å². The van der Waals surface area contributed by atoms with Crippen LogP contribution in [-0.2, 0) is 11.2 Å². The van der Waals surface area contributed by atoms with Gasteiger partial charge in [0.2, 0.25) is 0 Å². The molecule has 1 N–H and O–H groups in total. The predicted molar refractivity (Wildman–Crippen MR) is 77.9 cm³/mol. The molecule has 1 aliphatic rings. The van der Waals surface area contributed by atoms with Gasteiger partial charge in [-0.25, -0.2) is 13.6 Å². The average Bonchev–Trinajstić information content (AvgIpc) is 2.84. The zero-order valence-corrected chi connectivity index (χ0v) is 13.0. The van der Waals surface area contributed by atoms with Gasteiger partial charge in [-0.05, 0) is 30.5 Å². The van der Waals surface area contributed by atoms with Crippen LogP contribution in [0, 0.1) is 0 Å². The second-order valence-electron chi connectivity index (χ2n) is 5.49. The fourth-order valence-electron chi connectivity index (χ4n) is 2.46. The van der Waals surface area contributed by atoms with Crippen LogP contribution in [0.1, 0.15) is 31.0 Å². The van der Waals surface area contributed by atoms with Crippen LogP contribution in [0.5, 0.6) is 0 Å². The van der Waals surface area contributed by atoms with Crippen LogP contribution in [0.3, 0.4) is 0 Å². The molecule has 2 heterocycles. The third-order valence-corrected chi connectivity index (χ3v) is 4.06. The lowest BCUT2D eigenvalue weighted by Crippen LogP contribution is -2.51. The molecule has 0 unspecified atom stereocenters. The van der Waals surface area contributed by atoms with Crippen molar-refractivity contribution in [1.29, 1.82) is 0 Å². The van der Waals surface area contributed by atoms with Crippen molar-refractivity contribution in [1.82, 2.24) is 15.2 Å². The van der Waals surface area contributed by atoms with Crippen LogP contribution in [0.2, 0.25) is 0 Å². The standard InChI is InChI=1S/C15H21F2N3O2/c1-4-11-7-18-6-5-12(11)10(2)20(3)14(21)19-13-8-22-9-15(13,16)17/h5-7,10,13H,4,8-9H2,1-3H3,(H,19,21)/t10-,13-/m0/s1. The lowest BCUT2D eigenvalue weighted by molar-refractivity contribution is -0.0223. The van der Waals surface area contributed by atoms with Crippen molar-refractivity contribution in [3.8, 4) is 0 Å². The molecule has 0 aliphatic carbocycles. The van der Waals surface area contributed by atoms with Crippen molar-refractivity contribution in [2.45, 2.75) is 38.3 Å². The highest BCUT2D eigenvalue weighted by atomic mass is 19.3. The summed E-state index contributed by atoms with van der Waals surface area (Å²) in [6, 6.07) is -0.214. The predicted octanol–water partition coefficient (Wildman–Crippen LogP) is 2.38. The van der Waals surface area contributed by atoms with Crippen LogP contribution < -0.4 is 5.32 Å². The molecule has 2 amide bonds. The quantitative estimate of drug-likeness (QED) is 0.928. The molecule has 122 valence electrons. The number of nitrogens with one attached hydrogen (secondary N) is 1. The number of aromatic nitrogens is 1. The van der Waals surface area contributed by atoms with E-state index in [1.165, 1.54) is 4.90 Å². The number of hydrogen-bond donors (Lipinski definition) is 1. The SMILES string of the molecule is CCc1cnccc1[C@H](C)N(C)C(=O)N[C@H]1COCC1(F)F. The fourth-order valence-corrected chi connectivity index (χ4v) is 2.46. The van der Waals surface area contributed by atoms with Crippen LogP contribution in [0.25, 0.3) is 0 Å². The minimum absolute atomic E-state index is 0.170. The molecule has 1 aliphatic heterocycles. The highest BCUT2D eigenvalue weighted by molar-refractivity contribution is 5.75. The third-order valence-electron chi connectivity index (χ3n) is 4.06. The number of carbonyl (C=O) groups is 1. The number of nitrogens with zero attached hydrogens (tertiary/aromatic N) is 2. The van der Waals surface area contributed by atoms with Crippen molar-refractivity contribution >= 4 is 6.03 Å². The topological polar surface area (TPSA) is 54.5 Å². The number of carbonyl (C=O) groups excluding carboxylic acids is 1. The van der Waals surface area contributed by atoms with Crippen molar-refractivity contribution in [2.75, 3.05) is 20.3 Å². The minimum Gasteiger partial charge on any atom is -0.373 e. The summed E-state index contributed by atoms with van der Waals surface area (Å²) in [6.45, 7) is 3.04. The monoisotopic (exact) mass is 313 g/mol. The summed E-state index contributed by atoms with van der Waals surface area (Å²) in [5, 5.41) is 2.35. The average molecular weight is 313 g/mol. The first-order valence-corrected chi connectivity index (χ1v) is 7.28. The molecule has 0 aromatic carbocycles. The summed E-state index contributed by atoms with van der Waals surface area (Å²) in [6.07, 6.45) is 4.21. The molecule has 7 heteroatoms. The Morgan fingerprint density at radius 1 is 1.64 bits per heavy atom. The number of pyridine rings is 1. The highest BCUT2D eigenvalue weighted by Gasteiger charge is 2.46. The first kappa shape index (κ1) is 16.6. The smallest absolute Gasteiger partial charge is 0.318 e. The fraction of sp³-hybridized carbons (Fsp3) is 0.600. The van der Waals surface area contributed by atoms with E-state index in [4.69, 9.17) is 4.74 Å². The Morgan fingerprint density at radius 3 is 2.95 bits per heavy atom. The van der Waals surface area contributed by atoms with Gasteiger partial charge in [0.1, 0.15) is 12.6 Å². The summed E-state index contributed by atoms with van der Waals surface area (Å²) in [5.74, 6) is -3.02. The summed E-state index contributed by atoms with van der Waals surface area (Å²) >= 11 is 0. The summed E-state index contributed by atoms with van der Waals surface area (Å²) in [7, 11) is 1.59. The maximum Gasteiger partial charge on any atom is 0.318 e. The van der Waals surface area contributed by atoms with Crippen molar-refractivity contribution < 1.29 is 18.3 Å². The summed E-state index contributed by atoms with van der Waals surface area (Å²) in [5.41, 5.74) is 1.99. The normalized spacial score (nSPS) is 21.4. The molecule has 5 nitrogen and oxygen atoms in total. The molecule has 1 fully saturated rings. The van der Waals surface area contributed by atoms with Gasteiger partial charge < -0.3 is 15.0 Å². The number of ether oxygens (including phenoxy) is 1. The zero-order valence-electron chi connectivity index (χ0n) is 13.0. The van der Waals surface area contributed by atoms with Crippen LogP contribution in [0.4, 0.5) is 13.6 Å². The summed E-state index contributed by atoms with van der Waals surface area (Å²) in [4.78, 5) is 17.7. The van der Waals surface area contributed by atoms with E-state index in [-0.39, 0.29) is 12.6 Å². The molecular weight excluding hydrogens is 292 g/mol. The molecule has 2 rings (SSSR count). The Kier molecular flexibility index (Phi) is 4.95. The maximum absolute atomic E-state index is 13.5. The number of hydrogen-bond acceptors (Lipinski definition) is 3. The van der Waals surface area contributed by atoms with Gasteiger partial charge in [-0.2, -0.15) is 0 Å². The first-order chi connectivity index (χ1) is 10.4. The first-order valence-electron chi connectivity index (χ1n) is 7.28. The molecule has 2 atom stereocenters. The number of aryl methyl sites for hydroxylation is 1. The third kappa shape index (κ3) is 3.35. The molecule has 0 bridgehead atoms. The van der Waals surface area contributed by atoms with Crippen molar-refractivity contribution in [3.05, 3.63) is 29.6 Å². The molecule has 1 aromatic heterocycles. The molecular formula is C15H21F2N3O2. The van der Waals surface area contributed by atoms with E-state index in [0.29, 0.717) is 0 Å². The Balaban J connectivity index is 2.07. The molecule has 0 radical (unpaired) electrons. The Hall–Kier alpha value is -1.76.